The van der Waals surface area contributed by atoms with Gasteiger partial charge in [-0.15, -0.1) is 0 Å². The quantitative estimate of drug-likeness (QED) is 0.845. The average Bonchev–Trinajstić information content (AvgIpc) is 2.93. The molecule has 1 aliphatic carbocycles. The highest BCUT2D eigenvalue weighted by Gasteiger charge is 2.15. The first-order valence-corrected chi connectivity index (χ1v) is 6.12. The number of H-pyrrole nitrogens is 1. The normalized spacial score (nSPS) is 14.0. The van der Waals surface area contributed by atoms with Crippen molar-refractivity contribution in [2.75, 3.05) is 5.32 Å². The molecule has 1 aliphatic rings. The molecule has 1 aromatic heterocycles. The first-order chi connectivity index (χ1) is 8.84. The van der Waals surface area contributed by atoms with E-state index in [9.17, 15) is 4.79 Å². The van der Waals surface area contributed by atoms with Crippen molar-refractivity contribution in [3.63, 3.8) is 0 Å². The standard InChI is InChI=1S/C13H14N4O/c18-13(12-8-14-17-16-12)15-11-7-3-5-9-4-1-2-6-10(9)11/h3,5,7-8H,1-2,4,6H2,(H,15,18)(H,14,16,17). The van der Waals surface area contributed by atoms with Crippen LogP contribution in [0.15, 0.2) is 24.4 Å². The van der Waals surface area contributed by atoms with Gasteiger partial charge >= 0.3 is 0 Å². The van der Waals surface area contributed by atoms with Crippen LogP contribution < -0.4 is 5.32 Å². The third-order valence-corrected chi connectivity index (χ3v) is 3.29. The summed E-state index contributed by atoms with van der Waals surface area (Å²) in [5, 5.41) is 12.8. The van der Waals surface area contributed by atoms with Crippen LogP contribution >= 0.6 is 0 Å². The van der Waals surface area contributed by atoms with E-state index in [0.29, 0.717) is 5.69 Å². The second kappa shape index (κ2) is 4.60. The molecule has 0 saturated heterocycles. The van der Waals surface area contributed by atoms with Crippen LogP contribution in [-0.4, -0.2) is 21.3 Å². The number of aryl methyl sites for hydroxylation is 1. The number of hydrogen-bond acceptors (Lipinski definition) is 3. The predicted molar refractivity (Wildman–Crippen MR) is 67.4 cm³/mol. The van der Waals surface area contributed by atoms with Gasteiger partial charge in [0.15, 0.2) is 5.69 Å². The van der Waals surface area contributed by atoms with Crippen molar-refractivity contribution in [2.45, 2.75) is 25.7 Å². The van der Waals surface area contributed by atoms with E-state index in [1.807, 2.05) is 12.1 Å². The van der Waals surface area contributed by atoms with Crippen LogP contribution in [0.1, 0.15) is 34.5 Å². The lowest BCUT2D eigenvalue weighted by Gasteiger charge is -2.19. The number of benzene rings is 1. The molecule has 18 heavy (non-hydrogen) atoms. The maximum Gasteiger partial charge on any atom is 0.277 e. The SMILES string of the molecule is O=C(Nc1cccc2c1CCCC2)c1cn[nH]n1. The summed E-state index contributed by atoms with van der Waals surface area (Å²) in [4.78, 5) is 11.9. The molecule has 0 atom stereocenters. The van der Waals surface area contributed by atoms with Crippen molar-refractivity contribution in [1.29, 1.82) is 0 Å². The largest absolute Gasteiger partial charge is 0.320 e. The van der Waals surface area contributed by atoms with E-state index in [1.165, 1.54) is 30.2 Å². The molecule has 0 spiro atoms. The van der Waals surface area contributed by atoms with E-state index < -0.39 is 0 Å². The number of carbonyl (C=O) groups is 1. The monoisotopic (exact) mass is 242 g/mol. The lowest BCUT2D eigenvalue weighted by atomic mass is 9.90. The minimum Gasteiger partial charge on any atom is -0.320 e. The Balaban J connectivity index is 1.87. The zero-order chi connectivity index (χ0) is 12.4. The Morgan fingerprint density at radius 1 is 1.28 bits per heavy atom. The third kappa shape index (κ3) is 1.99. The van der Waals surface area contributed by atoms with Gasteiger partial charge < -0.3 is 5.32 Å². The van der Waals surface area contributed by atoms with Gasteiger partial charge in [0, 0.05) is 5.69 Å². The van der Waals surface area contributed by atoms with Gasteiger partial charge in [0.25, 0.3) is 5.91 Å². The second-order valence-electron chi connectivity index (χ2n) is 4.46. The Bertz CT molecular complexity index is 562. The molecule has 1 heterocycles. The number of aromatic amines is 1. The van der Waals surface area contributed by atoms with Crippen LogP contribution in [0.3, 0.4) is 0 Å². The van der Waals surface area contributed by atoms with Crippen LogP contribution in [-0.2, 0) is 12.8 Å². The summed E-state index contributed by atoms with van der Waals surface area (Å²) in [6.45, 7) is 0. The van der Waals surface area contributed by atoms with Crippen LogP contribution in [0.2, 0.25) is 0 Å². The lowest BCUT2D eigenvalue weighted by molar-refractivity contribution is 0.102. The van der Waals surface area contributed by atoms with Crippen molar-refractivity contribution in [3.05, 3.63) is 41.2 Å². The first kappa shape index (κ1) is 11.0. The van der Waals surface area contributed by atoms with E-state index in [-0.39, 0.29) is 5.91 Å². The van der Waals surface area contributed by atoms with Gasteiger partial charge in [0.2, 0.25) is 0 Å². The molecule has 2 aromatic rings. The number of aromatic nitrogens is 3. The molecule has 1 amide bonds. The zero-order valence-electron chi connectivity index (χ0n) is 9.94. The van der Waals surface area contributed by atoms with Crippen molar-refractivity contribution < 1.29 is 4.79 Å². The molecule has 0 saturated carbocycles. The molecular formula is C13H14N4O. The number of rotatable bonds is 2. The van der Waals surface area contributed by atoms with Gasteiger partial charge in [-0.05, 0) is 42.9 Å². The molecule has 0 unspecified atom stereocenters. The van der Waals surface area contributed by atoms with Crippen LogP contribution in [0.4, 0.5) is 5.69 Å². The molecule has 92 valence electrons. The molecule has 5 nitrogen and oxygen atoms in total. The van der Waals surface area contributed by atoms with Crippen LogP contribution in [0.25, 0.3) is 0 Å². The van der Waals surface area contributed by atoms with Crippen LogP contribution in [0.5, 0.6) is 0 Å². The summed E-state index contributed by atoms with van der Waals surface area (Å²) >= 11 is 0. The van der Waals surface area contributed by atoms with Crippen molar-refractivity contribution >= 4 is 11.6 Å². The third-order valence-electron chi connectivity index (χ3n) is 3.29. The minimum absolute atomic E-state index is 0.220. The van der Waals surface area contributed by atoms with E-state index in [0.717, 1.165) is 18.5 Å². The zero-order valence-corrected chi connectivity index (χ0v) is 9.94. The van der Waals surface area contributed by atoms with Gasteiger partial charge in [0.1, 0.15) is 0 Å². The number of nitrogens with zero attached hydrogens (tertiary/aromatic N) is 2. The van der Waals surface area contributed by atoms with Gasteiger partial charge in [-0.3, -0.25) is 4.79 Å². The summed E-state index contributed by atoms with van der Waals surface area (Å²) in [5.41, 5.74) is 3.82. The summed E-state index contributed by atoms with van der Waals surface area (Å²) < 4.78 is 0. The van der Waals surface area contributed by atoms with Crippen molar-refractivity contribution in [3.8, 4) is 0 Å². The maximum atomic E-state index is 11.9. The van der Waals surface area contributed by atoms with Gasteiger partial charge in [-0.25, -0.2) is 0 Å². The lowest BCUT2D eigenvalue weighted by Crippen LogP contribution is -2.15. The molecule has 0 radical (unpaired) electrons. The average molecular weight is 242 g/mol. The summed E-state index contributed by atoms with van der Waals surface area (Å²) in [6.07, 6.45) is 5.97. The smallest absolute Gasteiger partial charge is 0.277 e. The van der Waals surface area contributed by atoms with Gasteiger partial charge in [-0.2, -0.15) is 15.4 Å². The fourth-order valence-corrected chi connectivity index (χ4v) is 2.40. The Morgan fingerprint density at radius 3 is 3.00 bits per heavy atom. The highest BCUT2D eigenvalue weighted by molar-refractivity contribution is 6.03. The number of fused-ring (bicyclic) bond motifs is 1. The van der Waals surface area contributed by atoms with Crippen molar-refractivity contribution in [1.82, 2.24) is 15.4 Å². The number of nitrogens with one attached hydrogen (secondary N) is 2. The summed E-state index contributed by atoms with van der Waals surface area (Å²) in [7, 11) is 0. The molecule has 3 rings (SSSR count). The topological polar surface area (TPSA) is 70.7 Å². The van der Waals surface area contributed by atoms with Crippen LogP contribution in [0, 0.1) is 0 Å². The molecule has 0 fully saturated rings. The predicted octanol–water partition coefficient (Wildman–Crippen LogP) is 1.94. The summed E-state index contributed by atoms with van der Waals surface area (Å²) in [6, 6.07) is 6.07. The fraction of sp³-hybridized carbons (Fsp3) is 0.308. The summed E-state index contributed by atoms with van der Waals surface area (Å²) in [5.74, 6) is -0.220. The van der Waals surface area contributed by atoms with E-state index in [2.05, 4.69) is 26.8 Å². The van der Waals surface area contributed by atoms with Gasteiger partial charge in [-0.1, -0.05) is 12.1 Å². The minimum atomic E-state index is -0.220. The second-order valence-corrected chi connectivity index (χ2v) is 4.46. The first-order valence-electron chi connectivity index (χ1n) is 6.12. The molecule has 0 bridgehead atoms. The van der Waals surface area contributed by atoms with E-state index >= 15 is 0 Å². The number of amides is 1. The highest BCUT2D eigenvalue weighted by atomic mass is 16.2. The van der Waals surface area contributed by atoms with E-state index in [4.69, 9.17) is 0 Å². The maximum absolute atomic E-state index is 11.9. The molecule has 2 N–H and O–H groups in total. The van der Waals surface area contributed by atoms with Gasteiger partial charge in [0.05, 0.1) is 6.20 Å². The van der Waals surface area contributed by atoms with Crippen molar-refractivity contribution in [2.24, 2.45) is 0 Å². The number of hydrogen-bond donors (Lipinski definition) is 2. The fourth-order valence-electron chi connectivity index (χ4n) is 2.40. The Kier molecular flexibility index (Phi) is 2.80. The molecule has 1 aromatic carbocycles. The molecule has 0 aliphatic heterocycles. The number of carbonyl (C=O) groups excluding carboxylic acids is 1. The Labute approximate surface area is 105 Å². The number of anilines is 1. The highest BCUT2D eigenvalue weighted by Crippen LogP contribution is 2.27. The molecular weight excluding hydrogens is 228 g/mol. The Morgan fingerprint density at radius 2 is 2.17 bits per heavy atom. The Hall–Kier alpha value is -2.17. The molecule has 5 heteroatoms. The van der Waals surface area contributed by atoms with E-state index in [1.54, 1.807) is 0 Å².